The van der Waals surface area contributed by atoms with Crippen molar-refractivity contribution in [3.05, 3.63) is 41.5 Å². The molecule has 0 heterocycles. The minimum Gasteiger partial charge on any atom is -0.377 e. The Morgan fingerprint density at radius 1 is 0.968 bits per heavy atom. The molecule has 1 saturated carbocycles. The summed E-state index contributed by atoms with van der Waals surface area (Å²) in [7, 11) is -1.77. The van der Waals surface area contributed by atoms with E-state index in [-0.39, 0.29) is 21.7 Å². The SMILES string of the molecule is CN(C1CCCCC1)[Si](=O)CC1C=Cc2ccccc21.C[Si](C)(C)C#C[Si](C)(C)C.[Ti+2]. The second-order valence-electron chi connectivity index (χ2n) is 10.8. The Bertz CT molecular complexity index is 791. The number of fused-ring (bicyclic) bond motifs is 1. The molecule has 1 atom stereocenters. The molecule has 0 saturated heterocycles. The van der Waals surface area contributed by atoms with Crippen LogP contribution in [0.1, 0.15) is 49.1 Å². The van der Waals surface area contributed by atoms with Gasteiger partial charge in [0.15, 0.2) is 0 Å². The molecule has 1 aromatic rings. The standard InChI is InChI=1S/C17H23NOSi.C8H18Si2.Ti/c1-18(16-8-3-2-4-9-16)20(19)13-15-12-11-14-7-5-6-10-17(14)15;1-9(2,3)7-8-10(4,5)6;/h5-7,10-12,15-16H,2-4,8-9,13H2,1H3;1-6H3;/q;;+2. The van der Waals surface area contributed by atoms with Crippen LogP contribution in [-0.2, 0) is 26.2 Å². The summed E-state index contributed by atoms with van der Waals surface area (Å²) in [5, 5.41) is 0. The Morgan fingerprint density at radius 2 is 1.52 bits per heavy atom. The zero-order valence-corrected chi connectivity index (χ0v) is 25.3. The molecule has 1 unspecified atom stereocenters. The number of nitrogens with zero attached hydrogens (tertiary/aromatic N) is 1. The number of hydrogen-bond donors (Lipinski definition) is 0. The van der Waals surface area contributed by atoms with Crippen molar-refractivity contribution in [3.63, 3.8) is 0 Å². The molecular weight excluding hydrogens is 462 g/mol. The van der Waals surface area contributed by atoms with E-state index >= 15 is 0 Å². The fourth-order valence-electron chi connectivity index (χ4n) is 3.88. The van der Waals surface area contributed by atoms with E-state index in [2.05, 4.69) is 98.4 Å². The van der Waals surface area contributed by atoms with Crippen LogP contribution in [0.2, 0.25) is 45.3 Å². The summed E-state index contributed by atoms with van der Waals surface area (Å²) < 4.78 is 14.9. The van der Waals surface area contributed by atoms with Crippen LogP contribution in [0.3, 0.4) is 0 Å². The molecule has 31 heavy (non-hydrogen) atoms. The zero-order valence-electron chi connectivity index (χ0n) is 20.7. The van der Waals surface area contributed by atoms with E-state index in [9.17, 15) is 4.46 Å². The van der Waals surface area contributed by atoms with Crippen LogP contribution in [0, 0.1) is 11.1 Å². The molecular formula is C25H41NOSi3Ti+2. The molecule has 0 N–H and O–H groups in total. The van der Waals surface area contributed by atoms with Gasteiger partial charge in [-0.1, -0.05) is 95.0 Å². The Labute approximate surface area is 209 Å². The summed E-state index contributed by atoms with van der Waals surface area (Å²) in [4.78, 5) is 0. The van der Waals surface area contributed by atoms with Crippen molar-refractivity contribution < 1.29 is 26.2 Å². The zero-order chi connectivity index (χ0) is 22.4. The van der Waals surface area contributed by atoms with Gasteiger partial charge in [-0.25, -0.2) is 0 Å². The van der Waals surface area contributed by atoms with Crippen molar-refractivity contribution in [1.29, 1.82) is 0 Å². The molecule has 3 rings (SSSR count). The van der Waals surface area contributed by atoms with Gasteiger partial charge in [0.2, 0.25) is 0 Å². The third-order valence-electron chi connectivity index (χ3n) is 5.63. The van der Waals surface area contributed by atoms with E-state index in [1.165, 1.54) is 43.2 Å². The molecule has 2 aliphatic rings. The van der Waals surface area contributed by atoms with Crippen LogP contribution in [0.5, 0.6) is 0 Å². The van der Waals surface area contributed by atoms with Crippen LogP contribution in [0.4, 0.5) is 0 Å². The maximum absolute atomic E-state index is 12.7. The van der Waals surface area contributed by atoms with Crippen molar-refractivity contribution in [3.8, 4) is 11.1 Å². The maximum atomic E-state index is 12.7. The summed E-state index contributed by atoms with van der Waals surface area (Å²) >= 11 is 0. The predicted molar refractivity (Wildman–Crippen MR) is 139 cm³/mol. The van der Waals surface area contributed by atoms with E-state index in [1.807, 2.05) is 0 Å². The Morgan fingerprint density at radius 3 is 2.06 bits per heavy atom. The van der Waals surface area contributed by atoms with Gasteiger partial charge < -0.3 is 9.03 Å². The molecule has 0 aliphatic heterocycles. The van der Waals surface area contributed by atoms with Gasteiger partial charge in [-0.2, -0.15) is 0 Å². The average molecular weight is 504 g/mol. The average Bonchev–Trinajstić information content (AvgIpc) is 3.09. The minimum atomic E-state index is -1.66. The molecule has 6 heteroatoms. The molecule has 0 radical (unpaired) electrons. The van der Waals surface area contributed by atoms with Crippen LogP contribution in [0.25, 0.3) is 6.08 Å². The van der Waals surface area contributed by atoms with Gasteiger partial charge in [0.05, 0.1) is 0 Å². The van der Waals surface area contributed by atoms with Crippen LogP contribution >= 0.6 is 0 Å². The number of allylic oxidation sites excluding steroid dienone is 1. The van der Waals surface area contributed by atoms with Crippen LogP contribution < -0.4 is 0 Å². The summed E-state index contributed by atoms with van der Waals surface area (Å²) in [5.74, 6) is 0.351. The Kier molecular flexibility index (Phi) is 11.6. The van der Waals surface area contributed by atoms with Crippen molar-refractivity contribution >= 4 is 31.1 Å². The fourth-order valence-corrected chi connectivity index (χ4v) is 8.57. The van der Waals surface area contributed by atoms with Gasteiger partial charge in [-0.3, -0.25) is 0 Å². The van der Waals surface area contributed by atoms with Crippen LogP contribution in [-0.4, -0.2) is 42.6 Å². The van der Waals surface area contributed by atoms with Crippen molar-refractivity contribution in [2.24, 2.45) is 0 Å². The summed E-state index contributed by atoms with van der Waals surface area (Å²) in [5.41, 5.74) is 9.47. The van der Waals surface area contributed by atoms with E-state index in [0.717, 1.165) is 6.04 Å². The predicted octanol–water partition coefficient (Wildman–Crippen LogP) is 6.72. The smallest absolute Gasteiger partial charge is 0.377 e. The molecule has 0 amide bonds. The molecule has 0 spiro atoms. The van der Waals surface area contributed by atoms with Crippen LogP contribution in [0.15, 0.2) is 30.3 Å². The van der Waals surface area contributed by atoms with E-state index in [1.54, 1.807) is 0 Å². The molecule has 1 fully saturated rings. The van der Waals surface area contributed by atoms with Crippen molar-refractivity contribution in [2.75, 3.05) is 7.05 Å². The van der Waals surface area contributed by atoms with E-state index < -0.39 is 25.0 Å². The first-order valence-electron chi connectivity index (χ1n) is 11.5. The number of rotatable bonds is 4. The third-order valence-corrected chi connectivity index (χ3v) is 9.57. The summed E-state index contributed by atoms with van der Waals surface area (Å²) in [6.07, 6.45) is 10.8. The molecule has 2 nitrogen and oxygen atoms in total. The third kappa shape index (κ3) is 10.3. The molecule has 166 valence electrons. The first-order valence-corrected chi connectivity index (χ1v) is 20.1. The van der Waals surface area contributed by atoms with Crippen molar-refractivity contribution in [1.82, 2.24) is 4.57 Å². The summed E-state index contributed by atoms with van der Waals surface area (Å²) in [6, 6.07) is 9.83. The molecule has 1 aromatic carbocycles. The van der Waals surface area contributed by atoms with Gasteiger partial charge in [-0.15, -0.1) is 11.1 Å². The number of hydrogen-bond acceptors (Lipinski definition) is 1. The van der Waals surface area contributed by atoms with Gasteiger partial charge in [0.1, 0.15) is 16.1 Å². The van der Waals surface area contributed by atoms with E-state index in [4.69, 9.17) is 0 Å². The molecule has 2 aliphatic carbocycles. The quantitative estimate of drug-likeness (QED) is 0.336. The minimum absolute atomic E-state index is 0. The first kappa shape index (κ1) is 28.5. The summed E-state index contributed by atoms with van der Waals surface area (Å²) in [6.45, 7) is 13.8. The first-order chi connectivity index (χ1) is 14.0. The number of benzene rings is 1. The fraction of sp³-hybridized carbons (Fsp3) is 0.600. The van der Waals surface area contributed by atoms with Gasteiger partial charge in [0.25, 0.3) is 0 Å². The van der Waals surface area contributed by atoms with Gasteiger partial charge >= 0.3 is 30.6 Å². The van der Waals surface area contributed by atoms with Crippen molar-refractivity contribution in [2.45, 2.75) is 89.4 Å². The second-order valence-corrected chi connectivity index (χ2v) is 22.2. The van der Waals surface area contributed by atoms with Gasteiger partial charge in [0, 0.05) is 25.1 Å². The Hall–Kier alpha value is -0.515. The van der Waals surface area contributed by atoms with E-state index in [0.29, 0.717) is 12.0 Å². The maximum Gasteiger partial charge on any atom is 2.00 e. The molecule has 0 aromatic heterocycles. The normalized spacial score (nSPS) is 18.0. The topological polar surface area (TPSA) is 20.3 Å². The van der Waals surface area contributed by atoms with Gasteiger partial charge in [-0.05, 0) is 24.0 Å². The Balaban J connectivity index is 0.000000376. The monoisotopic (exact) mass is 503 g/mol. The largest absolute Gasteiger partial charge is 2.00 e. The molecule has 0 bridgehead atoms. The second kappa shape index (κ2) is 12.7.